The van der Waals surface area contributed by atoms with Crippen LogP contribution in [0.1, 0.15) is 88.7 Å². The highest BCUT2D eigenvalue weighted by molar-refractivity contribution is 6.15. The van der Waals surface area contributed by atoms with Gasteiger partial charge in [0.05, 0.1) is 31.1 Å². The number of ketones is 2. The lowest BCUT2D eigenvalue weighted by Gasteiger charge is -2.24. The first kappa shape index (κ1) is 48.4. The van der Waals surface area contributed by atoms with E-state index >= 15 is 0 Å². The molecule has 1 unspecified atom stereocenters. The van der Waals surface area contributed by atoms with Gasteiger partial charge in [-0.3, -0.25) is 43.2 Å². The van der Waals surface area contributed by atoms with E-state index in [4.69, 9.17) is 10.2 Å². The van der Waals surface area contributed by atoms with Crippen LogP contribution < -0.4 is 21.3 Å². The fourth-order valence-corrected chi connectivity index (χ4v) is 6.70. The Kier molecular flexibility index (Phi) is 22.0. The molecule has 1 aromatic rings. The Bertz CT molecular complexity index is 1570. The second kappa shape index (κ2) is 25.4. The third-order valence-corrected chi connectivity index (χ3v) is 10.1. The van der Waals surface area contributed by atoms with Crippen molar-refractivity contribution in [3.05, 3.63) is 35.4 Å². The summed E-state index contributed by atoms with van der Waals surface area (Å²) in [4.78, 5) is 118. The molecule has 4 amide bonds. The molecule has 310 valence electrons. The minimum absolute atomic E-state index is 0.0222. The van der Waals surface area contributed by atoms with E-state index in [9.17, 15) is 63.3 Å². The maximum Gasteiger partial charge on any atom is 0.315 e. The van der Waals surface area contributed by atoms with Gasteiger partial charge in [0.1, 0.15) is 17.6 Å². The molecule has 1 rings (SSSR count). The minimum Gasteiger partial charge on any atom is -0.481 e. The minimum atomic E-state index is -1.47. The van der Waals surface area contributed by atoms with E-state index in [0.717, 1.165) is 0 Å². The zero-order valence-electron chi connectivity index (χ0n) is 31.4. The number of hydrogen-bond donors (Lipinski definition) is 9. The second-order valence-corrected chi connectivity index (χ2v) is 14.8. The molecule has 5 atom stereocenters. The van der Waals surface area contributed by atoms with Gasteiger partial charge in [-0.15, -0.1) is 0 Å². The van der Waals surface area contributed by atoms with Crippen LogP contribution in [0.4, 0.5) is 4.79 Å². The number of amides is 4. The van der Waals surface area contributed by atoms with Gasteiger partial charge in [-0.05, 0) is 50.2 Å². The number of unbranched alkanes of at least 4 members (excludes halogenated alkanes) is 1. The summed E-state index contributed by atoms with van der Waals surface area (Å²) in [5, 5.41) is 56.1. The molecule has 0 aliphatic rings. The van der Waals surface area contributed by atoms with E-state index in [-0.39, 0.29) is 80.5 Å². The van der Waals surface area contributed by atoms with Gasteiger partial charge in [0.15, 0.2) is 0 Å². The number of urea groups is 1. The predicted molar refractivity (Wildman–Crippen MR) is 199 cm³/mol. The summed E-state index contributed by atoms with van der Waals surface area (Å²) in [5.74, 6) is -11.0. The van der Waals surface area contributed by atoms with Crippen molar-refractivity contribution in [3.8, 4) is 0 Å². The van der Waals surface area contributed by atoms with E-state index in [0.29, 0.717) is 24.0 Å². The summed E-state index contributed by atoms with van der Waals surface area (Å²) >= 11 is 0. The van der Waals surface area contributed by atoms with E-state index < -0.39 is 95.8 Å². The van der Waals surface area contributed by atoms with Crippen LogP contribution >= 0.6 is 0 Å². The monoisotopic (exact) mass is 808 g/mol. The number of carboxylic acid groups (broad SMARTS) is 5. The van der Waals surface area contributed by atoms with Gasteiger partial charge in [-0.2, -0.15) is 0 Å². The number of carbonyl (C=O) groups excluding carboxylic acids is 5. The molecule has 0 heterocycles. The Morgan fingerprint density at radius 1 is 0.643 bits per heavy atom. The maximum atomic E-state index is 12.8. The smallest absolute Gasteiger partial charge is 0.315 e. The molecular formula is C36H52N4O15Si. The Hall–Kier alpha value is -5.66. The van der Waals surface area contributed by atoms with Crippen molar-refractivity contribution < 1.29 is 73.5 Å². The molecule has 0 saturated heterocycles. The van der Waals surface area contributed by atoms with E-state index in [2.05, 4.69) is 21.3 Å². The first-order chi connectivity index (χ1) is 26.3. The summed E-state index contributed by atoms with van der Waals surface area (Å²) in [6, 6.07) is 4.58. The molecule has 20 heteroatoms. The number of nitrogens with one attached hydrogen (secondary N) is 4. The largest absolute Gasteiger partial charge is 0.481 e. The Balaban J connectivity index is 2.48. The zero-order valence-corrected chi connectivity index (χ0v) is 33.4. The van der Waals surface area contributed by atoms with Crippen LogP contribution in [0.5, 0.6) is 0 Å². The highest BCUT2D eigenvalue weighted by Crippen LogP contribution is 2.19. The molecule has 0 saturated carbocycles. The van der Waals surface area contributed by atoms with Crippen LogP contribution in [-0.4, -0.2) is 113 Å². The highest BCUT2D eigenvalue weighted by atomic mass is 28.1. The summed E-state index contributed by atoms with van der Waals surface area (Å²) in [7, 11) is 0.189. The molecule has 0 radical (unpaired) electrons. The number of carbonyl (C=O) groups is 10. The van der Waals surface area contributed by atoms with Crippen molar-refractivity contribution >= 4 is 69.5 Å². The van der Waals surface area contributed by atoms with Crippen molar-refractivity contribution in [2.45, 2.75) is 102 Å². The highest BCUT2D eigenvalue weighted by Gasteiger charge is 2.30. The Morgan fingerprint density at radius 2 is 1.18 bits per heavy atom. The molecule has 0 bridgehead atoms. The van der Waals surface area contributed by atoms with E-state index in [1.54, 1.807) is 24.3 Å². The normalized spacial score (nSPS) is 13.5. The molecule has 0 spiro atoms. The molecule has 56 heavy (non-hydrogen) atoms. The molecule has 0 aromatic heterocycles. The maximum absolute atomic E-state index is 12.8. The molecule has 1 aromatic carbocycles. The second-order valence-electron chi connectivity index (χ2n) is 13.5. The number of benzene rings is 1. The van der Waals surface area contributed by atoms with Crippen LogP contribution in [0, 0.1) is 17.8 Å². The SMILES string of the molecule is CC(=O)[C@H](CC(=O)O)C([SiH3])NC(=O)[C@H](CC(=O)O)NC(=O)Cc1ccc(CNC(=O)NCCCC[C@H](CCC(=O)CC[C@@H](CCC(=O)O)C(=O)O)C(=O)O)cc1. The summed E-state index contributed by atoms with van der Waals surface area (Å²) in [5.41, 5.74) is 0.401. The molecule has 0 fully saturated rings. The molecular weight excluding hydrogens is 756 g/mol. The topological polar surface area (TPSA) is 320 Å². The quantitative estimate of drug-likeness (QED) is 0.0381. The van der Waals surface area contributed by atoms with Crippen LogP contribution in [0.15, 0.2) is 24.3 Å². The van der Waals surface area contributed by atoms with Crippen LogP contribution in [0.3, 0.4) is 0 Å². The third kappa shape index (κ3) is 20.7. The van der Waals surface area contributed by atoms with Gasteiger partial charge >= 0.3 is 35.9 Å². The average Bonchev–Trinajstić information content (AvgIpc) is 3.10. The van der Waals surface area contributed by atoms with Gasteiger partial charge < -0.3 is 46.8 Å². The van der Waals surface area contributed by atoms with Gasteiger partial charge in [0.25, 0.3) is 0 Å². The number of carboxylic acids is 5. The van der Waals surface area contributed by atoms with Gasteiger partial charge in [-0.25, -0.2) is 4.79 Å². The predicted octanol–water partition coefficient (Wildman–Crippen LogP) is 0.0416. The van der Waals surface area contributed by atoms with E-state index in [1.807, 2.05) is 0 Å². The van der Waals surface area contributed by atoms with Crippen LogP contribution in [0.25, 0.3) is 0 Å². The summed E-state index contributed by atoms with van der Waals surface area (Å²) in [6.07, 6.45) is -0.805. The van der Waals surface area contributed by atoms with Crippen molar-refractivity contribution in [1.29, 1.82) is 0 Å². The van der Waals surface area contributed by atoms with Crippen molar-refractivity contribution in [2.24, 2.45) is 17.8 Å². The molecule has 0 aliphatic carbocycles. The average molecular weight is 809 g/mol. The van der Waals surface area contributed by atoms with Crippen LogP contribution in [-0.2, 0) is 56.1 Å². The number of aliphatic carboxylic acids is 5. The summed E-state index contributed by atoms with van der Waals surface area (Å²) < 4.78 is 0. The number of Topliss-reactive ketones (excluding diaryl/α,β-unsaturated/α-hetero) is 2. The molecule has 9 N–H and O–H groups in total. The molecule has 19 nitrogen and oxygen atoms in total. The fourth-order valence-electron chi connectivity index (χ4n) is 5.71. The number of hydrogen-bond acceptors (Lipinski definition) is 10. The Labute approximate surface area is 325 Å². The fraction of sp³-hybridized carbons (Fsp3) is 0.556. The van der Waals surface area contributed by atoms with Crippen molar-refractivity contribution in [1.82, 2.24) is 21.3 Å². The lowest BCUT2D eigenvalue weighted by atomic mass is 9.92. The van der Waals surface area contributed by atoms with Gasteiger partial charge in [0, 0.05) is 54.2 Å². The van der Waals surface area contributed by atoms with Gasteiger partial charge in [0.2, 0.25) is 11.8 Å². The third-order valence-electron chi connectivity index (χ3n) is 8.97. The first-order valence-corrected chi connectivity index (χ1v) is 19.3. The molecule has 0 aliphatic heterocycles. The standard InChI is InChI=1S/C36H52N4O15Si/c1-20(41)26(17-30(46)47)33(56)40-32(50)27(18-31(48)49)39-28(43)16-21-5-7-22(8-6-21)19-38-36(55)37-15-3-2-4-23(34(51)52)9-12-25(42)13-10-24(35(53)54)11-14-29(44)45/h5-8,23-24,26-27,33H,2-4,9-19H2,1,56H3,(H,39,43)(H,40,50)(H,44,45)(H,46,47)(H,48,49)(H,51,52)(H,53,54)(H2,37,38,55)/t23-,24+,26+,27+,33?/m1/s1. The number of rotatable bonds is 29. The van der Waals surface area contributed by atoms with E-state index in [1.165, 1.54) is 6.92 Å². The van der Waals surface area contributed by atoms with Crippen molar-refractivity contribution in [2.75, 3.05) is 6.54 Å². The van der Waals surface area contributed by atoms with Crippen LogP contribution in [0.2, 0.25) is 0 Å². The first-order valence-electron chi connectivity index (χ1n) is 18.1. The zero-order chi connectivity index (χ0) is 42.4. The lowest BCUT2D eigenvalue weighted by Crippen LogP contribution is -2.53. The lowest BCUT2D eigenvalue weighted by molar-refractivity contribution is -0.144. The van der Waals surface area contributed by atoms with Gasteiger partial charge in [-0.1, -0.05) is 30.7 Å². The van der Waals surface area contributed by atoms with Crippen molar-refractivity contribution in [3.63, 3.8) is 0 Å². The summed E-state index contributed by atoms with van der Waals surface area (Å²) in [6.45, 7) is 1.58. The Morgan fingerprint density at radius 3 is 1.70 bits per heavy atom.